The largest absolute Gasteiger partial charge is 0.508 e. The summed E-state index contributed by atoms with van der Waals surface area (Å²) in [6.07, 6.45) is 3.06. The first-order valence-corrected chi connectivity index (χ1v) is 10.9. The van der Waals surface area contributed by atoms with Crippen LogP contribution in [0.15, 0.2) is 59.8 Å². The zero-order valence-corrected chi connectivity index (χ0v) is 17.2. The van der Waals surface area contributed by atoms with Crippen molar-refractivity contribution in [2.75, 3.05) is 33.2 Å². The molecule has 156 valence electrons. The monoisotopic (exact) mass is 428 g/mol. The number of phenolic OH excluding ortho intramolecular Hbond substituents is 1. The molecule has 0 spiro atoms. The van der Waals surface area contributed by atoms with E-state index in [-0.39, 0.29) is 10.6 Å². The maximum atomic E-state index is 14.8. The second-order valence-electron chi connectivity index (χ2n) is 7.19. The number of piperazine rings is 1. The second-order valence-corrected chi connectivity index (χ2v) is 9.10. The number of likely N-dealkylation sites (N-methyl/N-ethyl adjacent to an activating group) is 1. The van der Waals surface area contributed by atoms with E-state index in [4.69, 9.17) is 0 Å². The van der Waals surface area contributed by atoms with Crippen molar-refractivity contribution in [1.82, 2.24) is 19.2 Å². The third-order valence-corrected chi connectivity index (χ3v) is 7.04. The first kappa shape index (κ1) is 20.4. The van der Waals surface area contributed by atoms with Gasteiger partial charge in [0.25, 0.3) is 0 Å². The summed E-state index contributed by atoms with van der Waals surface area (Å²) >= 11 is 0. The van der Waals surface area contributed by atoms with Crippen molar-refractivity contribution in [1.29, 1.82) is 0 Å². The Hall–Kier alpha value is -2.88. The van der Waals surface area contributed by atoms with E-state index < -0.39 is 15.8 Å². The molecule has 0 bridgehead atoms. The second kappa shape index (κ2) is 8.10. The number of aromatic nitrogens is 2. The molecule has 9 heteroatoms. The van der Waals surface area contributed by atoms with Gasteiger partial charge in [0.15, 0.2) is 0 Å². The van der Waals surface area contributed by atoms with Gasteiger partial charge in [-0.1, -0.05) is 6.07 Å². The maximum absolute atomic E-state index is 14.8. The van der Waals surface area contributed by atoms with Crippen molar-refractivity contribution < 1.29 is 17.9 Å². The standard InChI is InChI=1S/C21H21FN4O3S/c1-25-8-10-26(11-9-25)30(28,29)21-7-4-16(12-18(21)22)20-14-23-13-19(24-20)15-2-5-17(27)6-3-15/h2-7,12-14,27H,8-11H2,1H3. The highest BCUT2D eigenvalue weighted by Gasteiger charge is 2.30. The first-order valence-electron chi connectivity index (χ1n) is 9.45. The van der Waals surface area contributed by atoms with Gasteiger partial charge in [-0.3, -0.25) is 4.98 Å². The minimum atomic E-state index is -3.90. The maximum Gasteiger partial charge on any atom is 0.246 e. The summed E-state index contributed by atoms with van der Waals surface area (Å²) in [6.45, 7) is 1.89. The number of sulfonamides is 1. The van der Waals surface area contributed by atoms with Crippen LogP contribution in [0.3, 0.4) is 0 Å². The molecule has 1 aliphatic heterocycles. The van der Waals surface area contributed by atoms with Crippen LogP contribution in [0.4, 0.5) is 4.39 Å². The summed E-state index contributed by atoms with van der Waals surface area (Å²) in [5, 5.41) is 9.43. The predicted molar refractivity (Wildman–Crippen MR) is 111 cm³/mol. The van der Waals surface area contributed by atoms with E-state index >= 15 is 0 Å². The van der Waals surface area contributed by atoms with Gasteiger partial charge in [0.05, 0.1) is 23.8 Å². The molecule has 0 radical (unpaired) electrons. The summed E-state index contributed by atoms with van der Waals surface area (Å²) in [5.74, 6) is -0.676. The van der Waals surface area contributed by atoms with Crippen LogP contribution < -0.4 is 0 Å². The Morgan fingerprint density at radius 3 is 2.17 bits per heavy atom. The lowest BCUT2D eigenvalue weighted by molar-refractivity contribution is 0.222. The van der Waals surface area contributed by atoms with E-state index in [0.29, 0.717) is 43.1 Å². The Labute approximate surface area is 174 Å². The van der Waals surface area contributed by atoms with Crippen LogP contribution in [0.25, 0.3) is 22.5 Å². The molecule has 2 heterocycles. The lowest BCUT2D eigenvalue weighted by Crippen LogP contribution is -2.47. The van der Waals surface area contributed by atoms with E-state index in [2.05, 4.69) is 9.97 Å². The lowest BCUT2D eigenvalue weighted by Gasteiger charge is -2.31. The fraction of sp³-hybridized carbons (Fsp3) is 0.238. The number of nitrogens with zero attached hydrogens (tertiary/aromatic N) is 4. The van der Waals surface area contributed by atoms with Gasteiger partial charge < -0.3 is 10.0 Å². The SMILES string of the molecule is CN1CCN(S(=O)(=O)c2ccc(-c3cncc(-c4ccc(O)cc4)n3)cc2F)CC1. The molecule has 0 atom stereocenters. The zero-order valence-electron chi connectivity index (χ0n) is 16.4. The van der Waals surface area contributed by atoms with Crippen molar-refractivity contribution in [3.63, 3.8) is 0 Å². The summed E-state index contributed by atoms with van der Waals surface area (Å²) in [6, 6.07) is 10.5. The van der Waals surface area contributed by atoms with E-state index in [9.17, 15) is 17.9 Å². The number of rotatable bonds is 4. The van der Waals surface area contributed by atoms with Crippen molar-refractivity contribution in [3.8, 4) is 28.3 Å². The molecule has 30 heavy (non-hydrogen) atoms. The number of halogens is 1. The first-order chi connectivity index (χ1) is 14.3. The van der Waals surface area contributed by atoms with E-state index in [0.717, 1.165) is 5.56 Å². The van der Waals surface area contributed by atoms with Crippen LogP contribution in [0.1, 0.15) is 0 Å². The van der Waals surface area contributed by atoms with Gasteiger partial charge in [-0.25, -0.2) is 17.8 Å². The molecule has 0 amide bonds. The van der Waals surface area contributed by atoms with Crippen LogP contribution in [0.2, 0.25) is 0 Å². The molecule has 3 aromatic rings. The van der Waals surface area contributed by atoms with Crippen LogP contribution in [-0.4, -0.2) is 65.9 Å². The molecule has 1 aliphatic rings. The van der Waals surface area contributed by atoms with E-state index in [1.54, 1.807) is 30.5 Å². The zero-order chi connectivity index (χ0) is 21.3. The third-order valence-electron chi connectivity index (χ3n) is 5.11. The third kappa shape index (κ3) is 4.04. The Morgan fingerprint density at radius 1 is 0.933 bits per heavy atom. The van der Waals surface area contributed by atoms with Gasteiger partial charge >= 0.3 is 0 Å². The predicted octanol–water partition coefficient (Wildman–Crippen LogP) is 2.59. The Morgan fingerprint density at radius 2 is 1.53 bits per heavy atom. The smallest absolute Gasteiger partial charge is 0.246 e. The molecule has 1 N–H and O–H groups in total. The highest BCUT2D eigenvalue weighted by Crippen LogP contribution is 2.27. The van der Waals surface area contributed by atoms with Gasteiger partial charge in [0.1, 0.15) is 16.5 Å². The normalized spacial score (nSPS) is 15.9. The minimum Gasteiger partial charge on any atom is -0.508 e. The molecule has 1 aromatic heterocycles. The summed E-state index contributed by atoms with van der Waals surface area (Å²) in [5.41, 5.74) is 2.15. The van der Waals surface area contributed by atoms with Crippen LogP contribution in [0.5, 0.6) is 5.75 Å². The van der Waals surface area contributed by atoms with Crippen molar-refractivity contribution >= 4 is 10.0 Å². The molecule has 2 aromatic carbocycles. The van der Waals surface area contributed by atoms with Crippen molar-refractivity contribution in [2.24, 2.45) is 0 Å². The molecule has 0 aliphatic carbocycles. The number of phenols is 1. The fourth-order valence-corrected chi connectivity index (χ4v) is 4.78. The van der Waals surface area contributed by atoms with Crippen molar-refractivity contribution in [2.45, 2.75) is 4.90 Å². The molecule has 0 unspecified atom stereocenters. The molecular weight excluding hydrogens is 407 g/mol. The van der Waals surface area contributed by atoms with E-state index in [1.165, 1.54) is 28.7 Å². The van der Waals surface area contributed by atoms with E-state index in [1.807, 2.05) is 11.9 Å². The quantitative estimate of drug-likeness (QED) is 0.688. The topological polar surface area (TPSA) is 86.6 Å². The minimum absolute atomic E-state index is 0.141. The van der Waals surface area contributed by atoms with Crippen LogP contribution in [-0.2, 0) is 10.0 Å². The average molecular weight is 428 g/mol. The Bertz CT molecular complexity index is 1160. The Kier molecular flexibility index (Phi) is 5.50. The van der Waals surface area contributed by atoms with Gasteiger partial charge in [-0.2, -0.15) is 4.31 Å². The van der Waals surface area contributed by atoms with Crippen LogP contribution in [0, 0.1) is 5.82 Å². The van der Waals surface area contributed by atoms with Gasteiger partial charge in [-0.05, 0) is 43.4 Å². The van der Waals surface area contributed by atoms with Crippen LogP contribution >= 0.6 is 0 Å². The number of hydrogen-bond donors (Lipinski definition) is 1. The number of hydrogen-bond acceptors (Lipinski definition) is 6. The molecule has 0 saturated carbocycles. The van der Waals surface area contributed by atoms with Gasteiger partial charge in [0, 0.05) is 37.3 Å². The van der Waals surface area contributed by atoms with Crippen molar-refractivity contribution in [3.05, 3.63) is 60.7 Å². The highest BCUT2D eigenvalue weighted by atomic mass is 32.2. The fourth-order valence-electron chi connectivity index (χ4n) is 3.31. The number of benzene rings is 2. The summed E-state index contributed by atoms with van der Waals surface area (Å²) in [7, 11) is -1.98. The molecule has 4 rings (SSSR count). The molecule has 1 saturated heterocycles. The van der Waals surface area contributed by atoms with Gasteiger partial charge in [0.2, 0.25) is 10.0 Å². The number of aromatic hydroxyl groups is 1. The molecular formula is C21H21FN4O3S. The van der Waals surface area contributed by atoms with Gasteiger partial charge in [-0.15, -0.1) is 0 Å². The average Bonchev–Trinajstić information content (AvgIpc) is 2.74. The molecule has 1 fully saturated rings. The highest BCUT2D eigenvalue weighted by molar-refractivity contribution is 7.89. The molecule has 7 nitrogen and oxygen atoms in total. The summed E-state index contributed by atoms with van der Waals surface area (Å²) < 4.78 is 41.9. The lowest BCUT2D eigenvalue weighted by atomic mass is 10.1. The Balaban J connectivity index is 1.64. The summed E-state index contributed by atoms with van der Waals surface area (Å²) in [4.78, 5) is 10.4.